The van der Waals surface area contributed by atoms with Gasteiger partial charge in [-0.1, -0.05) is 0 Å². The molecule has 0 aliphatic carbocycles. The van der Waals surface area contributed by atoms with Gasteiger partial charge in [-0.05, 0) is 20.8 Å². The first kappa shape index (κ1) is 12.0. The van der Waals surface area contributed by atoms with Gasteiger partial charge in [-0.2, -0.15) is 0 Å². The maximum absolute atomic E-state index is 13.4. The fourth-order valence-corrected chi connectivity index (χ4v) is 1.38. The van der Waals surface area contributed by atoms with Crippen LogP contribution in [-0.2, 0) is 15.3 Å². The van der Waals surface area contributed by atoms with Gasteiger partial charge in [-0.3, -0.25) is 0 Å². The summed E-state index contributed by atoms with van der Waals surface area (Å²) in [6.45, 7) is 6.11. The van der Waals surface area contributed by atoms with Crippen molar-refractivity contribution in [3.63, 3.8) is 0 Å². The molecule has 0 atom stereocenters. The van der Waals surface area contributed by atoms with Gasteiger partial charge in [-0.25, -0.2) is 14.4 Å². The highest BCUT2D eigenvalue weighted by Crippen LogP contribution is 2.26. The van der Waals surface area contributed by atoms with Crippen LogP contribution in [0.2, 0.25) is 0 Å². The molecule has 0 N–H and O–H groups in total. The highest BCUT2D eigenvalue weighted by Gasteiger charge is 2.32. The van der Waals surface area contributed by atoms with Crippen molar-refractivity contribution < 1.29 is 13.9 Å². The molecule has 1 rings (SSSR count). The molecule has 4 nitrogen and oxygen atoms in total. The third kappa shape index (κ3) is 2.70. The first-order chi connectivity index (χ1) is 7.14. The number of hydrogen-bond acceptors (Lipinski definition) is 4. The lowest BCUT2D eigenvalue weighted by atomic mass is 10.2. The Balaban J connectivity index is 3.03. The van der Waals surface area contributed by atoms with Crippen molar-refractivity contribution in [2.75, 3.05) is 13.2 Å². The van der Waals surface area contributed by atoms with E-state index in [1.54, 1.807) is 6.92 Å². The number of aromatic nitrogens is 2. The molecule has 0 spiro atoms. The van der Waals surface area contributed by atoms with E-state index in [-0.39, 0.29) is 5.69 Å². The van der Waals surface area contributed by atoms with Gasteiger partial charge >= 0.3 is 0 Å². The molecule has 1 aromatic rings. The second-order valence-electron chi connectivity index (χ2n) is 3.03. The van der Waals surface area contributed by atoms with Crippen LogP contribution in [0.4, 0.5) is 4.39 Å². The van der Waals surface area contributed by atoms with Crippen molar-refractivity contribution >= 4 is 0 Å². The third-order valence-electron chi connectivity index (χ3n) is 1.94. The second-order valence-corrected chi connectivity index (χ2v) is 3.03. The predicted octanol–water partition coefficient (Wildman–Crippen LogP) is 1.86. The molecule has 0 fully saturated rings. The van der Waals surface area contributed by atoms with Crippen LogP contribution in [0.25, 0.3) is 0 Å². The normalized spacial score (nSPS) is 11.7. The second kappa shape index (κ2) is 5.14. The number of hydrogen-bond donors (Lipinski definition) is 0. The lowest BCUT2D eigenvalue weighted by molar-refractivity contribution is -0.233. The first-order valence-electron chi connectivity index (χ1n) is 4.88. The Hall–Kier alpha value is -1.07. The summed E-state index contributed by atoms with van der Waals surface area (Å²) in [6.07, 6.45) is 2.37. The minimum absolute atomic E-state index is 0.126. The van der Waals surface area contributed by atoms with Crippen molar-refractivity contribution in [3.8, 4) is 0 Å². The molecule has 15 heavy (non-hydrogen) atoms. The third-order valence-corrected chi connectivity index (χ3v) is 1.94. The van der Waals surface area contributed by atoms with Gasteiger partial charge in [0.05, 0.1) is 6.20 Å². The van der Waals surface area contributed by atoms with Gasteiger partial charge in [0.1, 0.15) is 12.0 Å². The largest absolute Gasteiger partial charge is 0.345 e. The summed E-state index contributed by atoms with van der Waals surface area (Å²) < 4.78 is 24.2. The Morgan fingerprint density at radius 2 is 1.93 bits per heavy atom. The van der Waals surface area contributed by atoms with Crippen LogP contribution in [0.15, 0.2) is 12.5 Å². The molecule has 0 unspecified atom stereocenters. The molecule has 0 saturated heterocycles. The maximum atomic E-state index is 13.4. The fraction of sp³-hybridized carbons (Fsp3) is 0.600. The summed E-state index contributed by atoms with van der Waals surface area (Å²) in [5.74, 6) is -1.67. The van der Waals surface area contributed by atoms with Crippen molar-refractivity contribution in [3.05, 3.63) is 24.0 Å². The SMILES string of the molecule is CCOC(C)(OCC)c1ncncc1F. The van der Waals surface area contributed by atoms with Gasteiger partial charge < -0.3 is 9.47 Å². The van der Waals surface area contributed by atoms with Crippen LogP contribution in [0.5, 0.6) is 0 Å². The van der Waals surface area contributed by atoms with Crippen molar-refractivity contribution in [2.45, 2.75) is 26.6 Å². The molecule has 0 radical (unpaired) electrons. The summed E-state index contributed by atoms with van der Waals surface area (Å²) in [6, 6.07) is 0. The Bertz CT molecular complexity index is 314. The summed E-state index contributed by atoms with van der Waals surface area (Å²) in [7, 11) is 0. The van der Waals surface area contributed by atoms with E-state index in [1.807, 2.05) is 13.8 Å². The Morgan fingerprint density at radius 1 is 1.33 bits per heavy atom. The summed E-state index contributed by atoms with van der Waals surface area (Å²) in [5.41, 5.74) is 0.126. The van der Waals surface area contributed by atoms with Crippen molar-refractivity contribution in [1.82, 2.24) is 9.97 Å². The zero-order valence-corrected chi connectivity index (χ0v) is 9.16. The fourth-order valence-electron chi connectivity index (χ4n) is 1.38. The van der Waals surface area contributed by atoms with Gasteiger partial charge in [0.2, 0.25) is 5.79 Å². The van der Waals surface area contributed by atoms with Gasteiger partial charge in [0.15, 0.2) is 5.82 Å². The molecular formula is C10H15FN2O2. The Labute approximate surface area is 88.5 Å². The summed E-state index contributed by atoms with van der Waals surface area (Å²) >= 11 is 0. The van der Waals surface area contributed by atoms with E-state index in [0.29, 0.717) is 13.2 Å². The quantitative estimate of drug-likeness (QED) is 0.702. The van der Waals surface area contributed by atoms with E-state index in [0.717, 1.165) is 6.20 Å². The number of nitrogens with zero attached hydrogens (tertiary/aromatic N) is 2. The van der Waals surface area contributed by atoms with Crippen LogP contribution in [0.3, 0.4) is 0 Å². The van der Waals surface area contributed by atoms with E-state index in [4.69, 9.17) is 9.47 Å². The lowest BCUT2D eigenvalue weighted by Crippen LogP contribution is -2.32. The molecule has 0 saturated carbocycles. The number of ether oxygens (including phenoxy) is 2. The molecule has 0 amide bonds. The Morgan fingerprint density at radius 3 is 2.40 bits per heavy atom. The average Bonchev–Trinajstić information content (AvgIpc) is 2.19. The predicted molar refractivity (Wildman–Crippen MR) is 52.6 cm³/mol. The van der Waals surface area contributed by atoms with E-state index < -0.39 is 11.6 Å². The molecule has 1 heterocycles. The van der Waals surface area contributed by atoms with Crippen molar-refractivity contribution in [2.24, 2.45) is 0 Å². The van der Waals surface area contributed by atoms with Crippen LogP contribution in [0, 0.1) is 5.82 Å². The van der Waals surface area contributed by atoms with E-state index >= 15 is 0 Å². The van der Waals surface area contributed by atoms with Crippen LogP contribution in [-0.4, -0.2) is 23.2 Å². The topological polar surface area (TPSA) is 44.2 Å². The van der Waals surface area contributed by atoms with Gasteiger partial charge in [0, 0.05) is 13.2 Å². The molecule has 0 bridgehead atoms. The van der Waals surface area contributed by atoms with Crippen LogP contribution < -0.4 is 0 Å². The van der Waals surface area contributed by atoms with Crippen LogP contribution in [0.1, 0.15) is 26.5 Å². The molecule has 0 aliphatic heterocycles. The van der Waals surface area contributed by atoms with E-state index in [9.17, 15) is 4.39 Å². The summed E-state index contributed by atoms with van der Waals surface area (Å²) in [5, 5.41) is 0. The van der Waals surface area contributed by atoms with E-state index in [1.165, 1.54) is 6.33 Å². The minimum Gasteiger partial charge on any atom is -0.345 e. The number of rotatable bonds is 5. The zero-order valence-electron chi connectivity index (χ0n) is 9.16. The molecule has 1 aromatic heterocycles. The highest BCUT2D eigenvalue weighted by molar-refractivity contribution is 5.08. The number of halogens is 1. The molecule has 0 aliphatic rings. The molecule has 0 aromatic carbocycles. The monoisotopic (exact) mass is 214 g/mol. The van der Waals surface area contributed by atoms with Crippen LogP contribution >= 0.6 is 0 Å². The lowest BCUT2D eigenvalue weighted by Gasteiger charge is -2.28. The van der Waals surface area contributed by atoms with Gasteiger partial charge in [-0.15, -0.1) is 0 Å². The zero-order chi connectivity index (χ0) is 11.3. The summed E-state index contributed by atoms with van der Waals surface area (Å²) in [4.78, 5) is 7.43. The van der Waals surface area contributed by atoms with Gasteiger partial charge in [0.25, 0.3) is 0 Å². The smallest absolute Gasteiger partial charge is 0.212 e. The minimum atomic E-state index is -1.14. The van der Waals surface area contributed by atoms with Crippen molar-refractivity contribution in [1.29, 1.82) is 0 Å². The molecule has 84 valence electrons. The molecular weight excluding hydrogens is 199 g/mol. The standard InChI is InChI=1S/C10H15FN2O2/c1-4-14-10(3,15-5-2)9-8(11)6-12-7-13-9/h6-7H,4-5H2,1-3H3. The average molecular weight is 214 g/mol. The Kier molecular flexibility index (Phi) is 4.11. The van der Waals surface area contributed by atoms with E-state index in [2.05, 4.69) is 9.97 Å². The first-order valence-corrected chi connectivity index (χ1v) is 4.88. The molecule has 5 heteroatoms. The highest BCUT2D eigenvalue weighted by atomic mass is 19.1. The maximum Gasteiger partial charge on any atom is 0.212 e.